The highest BCUT2D eigenvalue weighted by Gasteiger charge is 2.14. The Hall–Kier alpha value is -3.68. The van der Waals surface area contributed by atoms with Crippen LogP contribution >= 0.6 is 0 Å². The van der Waals surface area contributed by atoms with E-state index in [1.165, 1.54) is 12.4 Å². The highest BCUT2D eigenvalue weighted by atomic mass is 16.7. The maximum atomic E-state index is 12.2. The number of hydrogen-bond donors (Lipinski definition) is 2. The summed E-state index contributed by atoms with van der Waals surface area (Å²) in [6.45, 7) is 1.19. The minimum atomic E-state index is -0.291. The molecule has 8 nitrogen and oxygen atoms in total. The van der Waals surface area contributed by atoms with Crippen molar-refractivity contribution in [3.8, 4) is 11.5 Å². The van der Waals surface area contributed by atoms with Gasteiger partial charge in [-0.05, 0) is 35.4 Å². The number of carbonyl (C=O) groups excluding carboxylic acids is 1. The number of amides is 1. The Morgan fingerprint density at radius 2 is 1.81 bits per heavy atom. The molecule has 0 fully saturated rings. The van der Waals surface area contributed by atoms with Gasteiger partial charge < -0.3 is 20.1 Å². The molecule has 0 radical (unpaired) electrons. The molecule has 0 aliphatic carbocycles. The Kier molecular flexibility index (Phi) is 4.78. The van der Waals surface area contributed by atoms with Gasteiger partial charge in [0.2, 0.25) is 6.79 Å². The molecule has 0 bridgehead atoms. The number of ether oxygens (including phenoxy) is 2. The number of fused-ring (bicyclic) bond motifs is 1. The number of hydrogen-bond acceptors (Lipinski definition) is 7. The van der Waals surface area contributed by atoms with Crippen molar-refractivity contribution >= 4 is 11.7 Å². The fourth-order valence-corrected chi connectivity index (χ4v) is 2.55. The summed E-state index contributed by atoms with van der Waals surface area (Å²) in [6, 6.07) is 9.38. The van der Waals surface area contributed by atoms with Crippen molar-refractivity contribution in [1.29, 1.82) is 0 Å². The largest absolute Gasteiger partial charge is 0.454 e. The minimum absolute atomic E-state index is 0.224. The summed E-state index contributed by atoms with van der Waals surface area (Å²) in [4.78, 5) is 24.6. The maximum absolute atomic E-state index is 12.2. The molecule has 0 unspecified atom stereocenters. The smallest absolute Gasteiger partial charge is 0.271 e. The number of aromatic nitrogens is 3. The monoisotopic (exact) mass is 363 g/mol. The second-order valence-corrected chi connectivity index (χ2v) is 5.87. The van der Waals surface area contributed by atoms with Crippen LogP contribution in [0.2, 0.25) is 0 Å². The van der Waals surface area contributed by atoms with Crippen LogP contribution in [-0.4, -0.2) is 27.7 Å². The predicted octanol–water partition coefficient (Wildman–Crippen LogP) is 2.14. The van der Waals surface area contributed by atoms with Crippen molar-refractivity contribution < 1.29 is 14.3 Å². The molecule has 27 heavy (non-hydrogen) atoms. The van der Waals surface area contributed by atoms with Gasteiger partial charge in [0.1, 0.15) is 11.5 Å². The molecule has 0 saturated carbocycles. The van der Waals surface area contributed by atoms with E-state index in [2.05, 4.69) is 25.6 Å². The summed E-state index contributed by atoms with van der Waals surface area (Å²) in [5.74, 6) is 1.71. The Labute approximate surface area is 155 Å². The quantitative estimate of drug-likeness (QED) is 0.692. The average molecular weight is 363 g/mol. The van der Waals surface area contributed by atoms with Gasteiger partial charge in [-0.3, -0.25) is 9.78 Å². The molecule has 2 N–H and O–H groups in total. The summed E-state index contributed by atoms with van der Waals surface area (Å²) in [7, 11) is 0. The number of nitrogens with one attached hydrogen (secondary N) is 2. The van der Waals surface area contributed by atoms with Crippen molar-refractivity contribution in [2.75, 3.05) is 12.1 Å². The van der Waals surface area contributed by atoms with Crippen LogP contribution in [0.1, 0.15) is 21.6 Å². The number of rotatable bonds is 6. The first kappa shape index (κ1) is 16.8. The summed E-state index contributed by atoms with van der Waals surface area (Å²) in [5.41, 5.74) is 2.25. The lowest BCUT2D eigenvalue weighted by Crippen LogP contribution is -2.24. The van der Waals surface area contributed by atoms with E-state index >= 15 is 0 Å². The zero-order valence-corrected chi connectivity index (χ0v) is 14.4. The third-order valence-corrected chi connectivity index (χ3v) is 4.00. The topological polar surface area (TPSA) is 98.3 Å². The summed E-state index contributed by atoms with van der Waals surface area (Å²) >= 11 is 0. The zero-order chi connectivity index (χ0) is 18.5. The van der Waals surface area contributed by atoms with Crippen LogP contribution < -0.4 is 20.1 Å². The minimum Gasteiger partial charge on any atom is -0.454 e. The molecule has 2 aromatic heterocycles. The first-order chi connectivity index (χ1) is 13.3. The Bertz CT molecular complexity index is 932. The first-order valence-electron chi connectivity index (χ1n) is 8.39. The van der Waals surface area contributed by atoms with E-state index in [1.807, 2.05) is 30.3 Å². The van der Waals surface area contributed by atoms with Gasteiger partial charge in [0.15, 0.2) is 11.5 Å². The lowest BCUT2D eigenvalue weighted by atomic mass is 10.2. The van der Waals surface area contributed by atoms with E-state index in [0.717, 1.165) is 11.1 Å². The number of benzene rings is 1. The lowest BCUT2D eigenvalue weighted by Gasteiger charge is -2.07. The normalized spacial score (nSPS) is 11.9. The highest BCUT2D eigenvalue weighted by molar-refractivity contribution is 5.91. The van der Waals surface area contributed by atoms with E-state index in [0.29, 0.717) is 30.4 Å². The Balaban J connectivity index is 1.31. The van der Waals surface area contributed by atoms with Gasteiger partial charge >= 0.3 is 0 Å². The third-order valence-electron chi connectivity index (χ3n) is 4.00. The molecule has 3 aromatic rings. The Morgan fingerprint density at radius 3 is 2.63 bits per heavy atom. The number of nitrogens with zero attached hydrogens (tertiary/aromatic N) is 3. The van der Waals surface area contributed by atoms with Crippen LogP contribution in [0.4, 0.5) is 5.82 Å². The molecule has 1 aliphatic rings. The van der Waals surface area contributed by atoms with Crippen molar-refractivity contribution in [3.63, 3.8) is 0 Å². The predicted molar refractivity (Wildman–Crippen MR) is 97.3 cm³/mol. The number of pyridine rings is 1. The Morgan fingerprint density at radius 1 is 0.963 bits per heavy atom. The van der Waals surface area contributed by atoms with Gasteiger partial charge in [0.05, 0.1) is 12.4 Å². The van der Waals surface area contributed by atoms with Crippen LogP contribution in [0.5, 0.6) is 11.5 Å². The van der Waals surface area contributed by atoms with Gasteiger partial charge in [0.25, 0.3) is 5.91 Å². The molecule has 1 amide bonds. The molecular weight excluding hydrogens is 346 g/mol. The van der Waals surface area contributed by atoms with E-state index in [4.69, 9.17) is 9.47 Å². The standard InChI is InChI=1S/C19H17N5O3/c25-19(24-9-14-1-2-16-17(7-14)27-12-26-16)15-10-23-18(11-21-15)22-8-13-3-5-20-6-4-13/h1-7,10-11H,8-9,12H2,(H,22,23)(H,24,25). The average Bonchev–Trinajstić information content (AvgIpc) is 3.19. The van der Waals surface area contributed by atoms with Crippen LogP contribution in [0.15, 0.2) is 55.1 Å². The van der Waals surface area contributed by atoms with Crippen molar-refractivity contribution in [3.05, 3.63) is 71.9 Å². The molecule has 3 heterocycles. The van der Waals surface area contributed by atoms with E-state index < -0.39 is 0 Å². The van der Waals surface area contributed by atoms with Crippen LogP contribution in [-0.2, 0) is 13.1 Å². The van der Waals surface area contributed by atoms with Crippen LogP contribution in [0.3, 0.4) is 0 Å². The van der Waals surface area contributed by atoms with Crippen LogP contribution in [0.25, 0.3) is 0 Å². The molecule has 8 heteroatoms. The molecule has 136 valence electrons. The van der Waals surface area contributed by atoms with E-state index in [-0.39, 0.29) is 18.4 Å². The molecule has 1 aromatic carbocycles. The lowest BCUT2D eigenvalue weighted by molar-refractivity contribution is 0.0945. The van der Waals surface area contributed by atoms with E-state index in [1.54, 1.807) is 12.4 Å². The first-order valence-corrected chi connectivity index (χ1v) is 8.39. The van der Waals surface area contributed by atoms with Crippen molar-refractivity contribution in [2.45, 2.75) is 13.1 Å². The fourth-order valence-electron chi connectivity index (χ4n) is 2.55. The molecule has 0 spiro atoms. The third kappa shape index (κ3) is 4.12. The SMILES string of the molecule is O=C(NCc1ccc2c(c1)OCO2)c1cnc(NCc2ccncc2)cn1. The second-order valence-electron chi connectivity index (χ2n) is 5.87. The van der Waals surface area contributed by atoms with Crippen molar-refractivity contribution in [2.24, 2.45) is 0 Å². The van der Waals surface area contributed by atoms with Gasteiger partial charge in [-0.15, -0.1) is 0 Å². The molecule has 1 aliphatic heterocycles. The molecule has 0 atom stereocenters. The van der Waals surface area contributed by atoms with Crippen LogP contribution in [0, 0.1) is 0 Å². The maximum Gasteiger partial charge on any atom is 0.271 e. The number of carbonyl (C=O) groups is 1. The summed E-state index contributed by atoms with van der Waals surface area (Å²) < 4.78 is 10.6. The second kappa shape index (κ2) is 7.69. The summed E-state index contributed by atoms with van der Waals surface area (Å²) in [6.07, 6.45) is 6.45. The van der Waals surface area contributed by atoms with Gasteiger partial charge in [-0.1, -0.05) is 6.07 Å². The molecule has 0 saturated heterocycles. The fraction of sp³-hybridized carbons (Fsp3) is 0.158. The number of anilines is 1. The molecule has 4 rings (SSSR count). The summed E-state index contributed by atoms with van der Waals surface area (Å²) in [5, 5.41) is 5.97. The van der Waals surface area contributed by atoms with E-state index in [9.17, 15) is 4.79 Å². The zero-order valence-electron chi connectivity index (χ0n) is 14.4. The van der Waals surface area contributed by atoms with Crippen molar-refractivity contribution in [1.82, 2.24) is 20.3 Å². The highest BCUT2D eigenvalue weighted by Crippen LogP contribution is 2.32. The van der Waals surface area contributed by atoms with Gasteiger partial charge in [0, 0.05) is 25.5 Å². The molecular formula is C19H17N5O3. The van der Waals surface area contributed by atoms with Gasteiger partial charge in [-0.2, -0.15) is 0 Å². The van der Waals surface area contributed by atoms with Gasteiger partial charge in [-0.25, -0.2) is 9.97 Å².